The maximum Gasteiger partial charge on any atom is 0.219 e. The number of benzene rings is 1. The van der Waals surface area contributed by atoms with Gasteiger partial charge in [0.05, 0.1) is 30.6 Å². The van der Waals surface area contributed by atoms with Gasteiger partial charge in [0.15, 0.2) is 5.82 Å². The van der Waals surface area contributed by atoms with Gasteiger partial charge >= 0.3 is 0 Å². The monoisotopic (exact) mass is 405 g/mol. The summed E-state index contributed by atoms with van der Waals surface area (Å²) in [6.07, 6.45) is 7.47. The van der Waals surface area contributed by atoms with Crippen molar-refractivity contribution in [3.8, 4) is 5.75 Å². The van der Waals surface area contributed by atoms with Crippen LogP contribution in [0.15, 0.2) is 36.8 Å². The molecule has 4 aromatic rings. The van der Waals surface area contributed by atoms with E-state index in [9.17, 15) is 4.79 Å². The molecule has 1 aliphatic heterocycles. The van der Waals surface area contributed by atoms with Crippen LogP contribution in [0, 0.1) is 0 Å². The standard InChI is InChI=1S/C21H23N7O2/c1-13(29)27-7-5-15(6-8-27)28-12-14(10-23-28)24-21-20-18(11-22-26-20)17-9-16(30-2)3-4-19(17)25-21/h3-4,9-12,15H,5-8H2,1-2H3,(H,22,26)(H,24,25). The Morgan fingerprint density at radius 3 is 2.87 bits per heavy atom. The number of anilines is 2. The Hall–Kier alpha value is -3.62. The summed E-state index contributed by atoms with van der Waals surface area (Å²) in [5.74, 6) is 1.60. The van der Waals surface area contributed by atoms with Gasteiger partial charge in [-0.2, -0.15) is 10.2 Å². The van der Waals surface area contributed by atoms with Crippen molar-refractivity contribution in [1.29, 1.82) is 0 Å². The third-order valence-corrected chi connectivity index (χ3v) is 5.74. The summed E-state index contributed by atoms with van der Waals surface area (Å²) in [6, 6.07) is 6.10. The van der Waals surface area contributed by atoms with Crippen molar-refractivity contribution in [2.75, 3.05) is 25.5 Å². The lowest BCUT2D eigenvalue weighted by molar-refractivity contribution is -0.130. The highest BCUT2D eigenvalue weighted by atomic mass is 16.5. The summed E-state index contributed by atoms with van der Waals surface area (Å²) >= 11 is 0. The minimum absolute atomic E-state index is 0.138. The van der Waals surface area contributed by atoms with E-state index in [0.717, 1.165) is 59.2 Å². The maximum absolute atomic E-state index is 11.5. The van der Waals surface area contributed by atoms with Crippen molar-refractivity contribution in [2.45, 2.75) is 25.8 Å². The van der Waals surface area contributed by atoms with Crippen LogP contribution in [0.4, 0.5) is 11.5 Å². The Morgan fingerprint density at radius 1 is 1.27 bits per heavy atom. The molecule has 9 nitrogen and oxygen atoms in total. The summed E-state index contributed by atoms with van der Waals surface area (Å²) in [5, 5.41) is 17.2. The molecule has 9 heteroatoms. The van der Waals surface area contributed by atoms with Gasteiger partial charge in [0.25, 0.3) is 0 Å². The predicted molar refractivity (Wildman–Crippen MR) is 114 cm³/mol. The van der Waals surface area contributed by atoms with Gasteiger partial charge in [-0.05, 0) is 31.0 Å². The first-order valence-electron chi connectivity index (χ1n) is 10.0. The van der Waals surface area contributed by atoms with E-state index < -0.39 is 0 Å². The highest BCUT2D eigenvalue weighted by Crippen LogP contribution is 2.32. The number of rotatable bonds is 4. The number of pyridine rings is 1. The smallest absolute Gasteiger partial charge is 0.219 e. The first-order valence-corrected chi connectivity index (χ1v) is 10.0. The van der Waals surface area contributed by atoms with E-state index in [1.807, 2.05) is 40.2 Å². The molecule has 0 spiro atoms. The Bertz CT molecular complexity index is 1220. The number of methoxy groups -OCH3 is 1. The summed E-state index contributed by atoms with van der Waals surface area (Å²) in [5.41, 5.74) is 2.48. The molecule has 1 aromatic carbocycles. The molecule has 1 saturated heterocycles. The van der Waals surface area contributed by atoms with Crippen LogP contribution in [0.3, 0.4) is 0 Å². The van der Waals surface area contributed by atoms with E-state index in [2.05, 4.69) is 20.6 Å². The molecule has 5 rings (SSSR count). The van der Waals surface area contributed by atoms with Crippen LogP contribution in [0.25, 0.3) is 21.8 Å². The second kappa shape index (κ2) is 7.33. The molecule has 0 bridgehead atoms. The number of aromatic amines is 1. The molecule has 0 aliphatic carbocycles. The SMILES string of the molecule is COc1ccc2nc(Nc3cnn(C4CCN(C(C)=O)CC4)c3)c3n[nH]cc3c2c1. The molecule has 1 fully saturated rings. The predicted octanol–water partition coefficient (Wildman–Crippen LogP) is 3.24. The zero-order chi connectivity index (χ0) is 20.7. The van der Waals surface area contributed by atoms with Crippen molar-refractivity contribution < 1.29 is 9.53 Å². The first kappa shape index (κ1) is 18.4. The van der Waals surface area contributed by atoms with Crippen LogP contribution >= 0.6 is 0 Å². The molecule has 1 aliphatic rings. The fourth-order valence-electron chi connectivity index (χ4n) is 4.08. The van der Waals surface area contributed by atoms with Gasteiger partial charge in [0.1, 0.15) is 11.3 Å². The van der Waals surface area contributed by atoms with Gasteiger partial charge in [0.2, 0.25) is 5.91 Å². The van der Waals surface area contributed by atoms with Crippen molar-refractivity contribution in [3.63, 3.8) is 0 Å². The molecule has 0 saturated carbocycles. The number of carbonyl (C=O) groups is 1. The normalized spacial score (nSPS) is 15.1. The number of hydrogen-bond donors (Lipinski definition) is 2. The maximum atomic E-state index is 11.5. The van der Waals surface area contributed by atoms with Gasteiger partial charge in [-0.1, -0.05) is 0 Å². The zero-order valence-electron chi connectivity index (χ0n) is 16.9. The average Bonchev–Trinajstić information content (AvgIpc) is 3.44. The number of aromatic nitrogens is 5. The zero-order valence-corrected chi connectivity index (χ0v) is 16.9. The Balaban J connectivity index is 1.41. The number of ether oxygens (including phenoxy) is 1. The molecule has 30 heavy (non-hydrogen) atoms. The van der Waals surface area contributed by atoms with Crippen LogP contribution in [0.5, 0.6) is 5.75 Å². The fourth-order valence-corrected chi connectivity index (χ4v) is 4.08. The molecule has 154 valence electrons. The Kier molecular flexibility index (Phi) is 4.50. The second-order valence-electron chi connectivity index (χ2n) is 7.56. The third-order valence-electron chi connectivity index (χ3n) is 5.74. The minimum atomic E-state index is 0.138. The van der Waals surface area contributed by atoms with Crippen molar-refractivity contribution in [2.24, 2.45) is 0 Å². The van der Waals surface area contributed by atoms with Crippen LogP contribution in [-0.4, -0.2) is 56.0 Å². The highest BCUT2D eigenvalue weighted by molar-refractivity contribution is 6.09. The van der Waals surface area contributed by atoms with Gasteiger partial charge in [-0.15, -0.1) is 0 Å². The van der Waals surface area contributed by atoms with E-state index in [1.54, 1.807) is 20.2 Å². The van der Waals surface area contributed by atoms with Crippen molar-refractivity contribution >= 4 is 39.2 Å². The number of piperidine rings is 1. The van der Waals surface area contributed by atoms with E-state index in [-0.39, 0.29) is 5.91 Å². The van der Waals surface area contributed by atoms with E-state index >= 15 is 0 Å². The van der Waals surface area contributed by atoms with Crippen LogP contribution in [-0.2, 0) is 4.79 Å². The molecular formula is C21H23N7O2. The van der Waals surface area contributed by atoms with E-state index in [4.69, 9.17) is 9.72 Å². The summed E-state index contributed by atoms with van der Waals surface area (Å²) in [6.45, 7) is 3.16. The number of hydrogen-bond acceptors (Lipinski definition) is 6. The average molecular weight is 405 g/mol. The van der Waals surface area contributed by atoms with Crippen molar-refractivity contribution in [1.82, 2.24) is 29.9 Å². The number of fused-ring (bicyclic) bond motifs is 3. The molecule has 0 atom stereocenters. The lowest BCUT2D eigenvalue weighted by atomic mass is 10.1. The largest absolute Gasteiger partial charge is 0.497 e. The number of H-pyrrole nitrogens is 1. The highest BCUT2D eigenvalue weighted by Gasteiger charge is 2.22. The Morgan fingerprint density at radius 2 is 2.10 bits per heavy atom. The summed E-state index contributed by atoms with van der Waals surface area (Å²) < 4.78 is 7.33. The lowest BCUT2D eigenvalue weighted by Crippen LogP contribution is -2.37. The molecule has 3 aromatic heterocycles. The van der Waals surface area contributed by atoms with Crippen LogP contribution < -0.4 is 10.1 Å². The number of amides is 1. The molecular weight excluding hydrogens is 382 g/mol. The van der Waals surface area contributed by atoms with Crippen LogP contribution in [0.2, 0.25) is 0 Å². The van der Waals surface area contributed by atoms with Gasteiger partial charge in [0, 0.05) is 43.2 Å². The van der Waals surface area contributed by atoms with Crippen LogP contribution in [0.1, 0.15) is 25.8 Å². The third kappa shape index (κ3) is 3.22. The second-order valence-corrected chi connectivity index (χ2v) is 7.56. The van der Waals surface area contributed by atoms with E-state index in [0.29, 0.717) is 11.9 Å². The van der Waals surface area contributed by atoms with Gasteiger partial charge in [-0.3, -0.25) is 14.6 Å². The number of nitrogens with one attached hydrogen (secondary N) is 2. The summed E-state index contributed by atoms with van der Waals surface area (Å²) in [7, 11) is 1.65. The molecule has 0 radical (unpaired) electrons. The van der Waals surface area contributed by atoms with E-state index in [1.165, 1.54) is 0 Å². The van der Waals surface area contributed by atoms with Gasteiger partial charge < -0.3 is 15.0 Å². The minimum Gasteiger partial charge on any atom is -0.497 e. The number of carbonyl (C=O) groups excluding carboxylic acids is 1. The lowest BCUT2D eigenvalue weighted by Gasteiger charge is -2.31. The molecule has 0 unspecified atom stereocenters. The molecule has 4 heterocycles. The molecule has 2 N–H and O–H groups in total. The Labute approximate surface area is 173 Å². The topological polar surface area (TPSA) is 101 Å². The quantitative estimate of drug-likeness (QED) is 0.541. The number of nitrogens with zero attached hydrogens (tertiary/aromatic N) is 5. The number of likely N-dealkylation sites (tertiary alicyclic amines) is 1. The first-order chi connectivity index (χ1) is 14.6. The summed E-state index contributed by atoms with van der Waals surface area (Å²) in [4.78, 5) is 18.2. The fraction of sp³-hybridized carbons (Fsp3) is 0.333. The van der Waals surface area contributed by atoms with Crippen molar-refractivity contribution in [3.05, 3.63) is 36.8 Å². The molecule has 1 amide bonds. The van der Waals surface area contributed by atoms with Gasteiger partial charge in [-0.25, -0.2) is 4.98 Å².